The number of rotatable bonds is 4. The molecule has 0 saturated carbocycles. The molecule has 124 valence electrons. The molecule has 0 aromatic heterocycles. The van der Waals surface area contributed by atoms with Gasteiger partial charge in [-0.05, 0) is 42.8 Å². The minimum Gasteiger partial charge on any atom is -0.534 e. The maximum absolute atomic E-state index is 6.14. The van der Waals surface area contributed by atoms with E-state index in [1.165, 1.54) is 0 Å². The molecule has 0 fully saturated rings. The van der Waals surface area contributed by atoms with Crippen LogP contribution in [0, 0.1) is 0 Å². The molecule has 5 heteroatoms. The first kappa shape index (κ1) is 20.4. The van der Waals surface area contributed by atoms with Crippen LogP contribution in [0.2, 0.25) is 36.3 Å². The normalized spacial score (nSPS) is 14.9. The Balaban J connectivity index is 4.92. The quantitative estimate of drug-likeness (QED) is 0.277. The second-order valence-electron chi connectivity index (χ2n) is 8.75. The molecule has 21 heavy (non-hydrogen) atoms. The Labute approximate surface area is 134 Å². The fraction of sp³-hybridized carbons (Fsp3) is 0.812. The molecule has 0 aromatic carbocycles. The van der Waals surface area contributed by atoms with E-state index < -0.39 is 16.6 Å². The highest BCUT2D eigenvalue weighted by atomic mass is 28.4. The molecular formula is C16H35NO2Si2. The van der Waals surface area contributed by atoms with Gasteiger partial charge in [-0.15, -0.1) is 0 Å². The minimum absolute atomic E-state index is 0.139. The first-order valence-corrected chi connectivity index (χ1v) is 13.4. The molecule has 3 nitrogen and oxygen atoms in total. The molecule has 0 aliphatic carbocycles. The maximum atomic E-state index is 6.14. The Hall–Kier alpha value is -0.556. The molecule has 0 aliphatic rings. The van der Waals surface area contributed by atoms with Crippen molar-refractivity contribution >= 4 is 22.5 Å². The van der Waals surface area contributed by atoms with Crippen molar-refractivity contribution in [1.29, 1.82) is 0 Å². The van der Waals surface area contributed by atoms with Crippen LogP contribution in [-0.4, -0.2) is 22.5 Å². The Morgan fingerprint density at radius 1 is 0.810 bits per heavy atom. The van der Waals surface area contributed by atoms with Crippen LogP contribution in [0.5, 0.6) is 0 Å². The van der Waals surface area contributed by atoms with Gasteiger partial charge in [-0.3, -0.25) is 0 Å². The molecule has 0 N–H and O–H groups in total. The molecule has 0 saturated heterocycles. The Morgan fingerprint density at radius 2 is 1.14 bits per heavy atom. The Morgan fingerprint density at radius 3 is 1.48 bits per heavy atom. The van der Waals surface area contributed by atoms with Crippen LogP contribution in [0.25, 0.3) is 0 Å². The third kappa shape index (κ3) is 5.98. The van der Waals surface area contributed by atoms with Crippen LogP contribution in [0.1, 0.15) is 48.5 Å². The van der Waals surface area contributed by atoms with Crippen LogP contribution < -0.4 is 0 Å². The largest absolute Gasteiger partial charge is 0.534 e. The van der Waals surface area contributed by atoms with Gasteiger partial charge in [0.1, 0.15) is 0 Å². The van der Waals surface area contributed by atoms with Crippen molar-refractivity contribution in [3.8, 4) is 0 Å². The standard InChI is InChI=1S/C16H35NO2Si2/c1-13(18-20(9,10)15(3,4)5)17-14(2)19-21(11,12)16(6,7)8/h1H2,2-12H3/b17-14+. The summed E-state index contributed by atoms with van der Waals surface area (Å²) in [6.07, 6.45) is 0. The van der Waals surface area contributed by atoms with Crippen LogP contribution in [-0.2, 0) is 8.85 Å². The Kier molecular flexibility index (Phi) is 6.12. The molecule has 0 amide bonds. The van der Waals surface area contributed by atoms with Gasteiger partial charge in [0.2, 0.25) is 0 Å². The van der Waals surface area contributed by atoms with Crippen molar-refractivity contribution in [2.75, 3.05) is 0 Å². The average molecular weight is 330 g/mol. The van der Waals surface area contributed by atoms with Crippen molar-refractivity contribution in [3.63, 3.8) is 0 Å². The van der Waals surface area contributed by atoms with E-state index in [0.717, 1.165) is 0 Å². The van der Waals surface area contributed by atoms with Gasteiger partial charge in [0, 0.05) is 6.92 Å². The van der Waals surface area contributed by atoms with Crippen molar-refractivity contribution in [3.05, 3.63) is 12.5 Å². The molecule has 0 aromatic rings. The molecule has 0 atom stereocenters. The Bertz CT molecular complexity index is 413. The molecule has 0 bridgehead atoms. The lowest BCUT2D eigenvalue weighted by Crippen LogP contribution is -2.42. The summed E-state index contributed by atoms with van der Waals surface area (Å²) >= 11 is 0. The summed E-state index contributed by atoms with van der Waals surface area (Å²) in [5.74, 6) is 1.13. The highest BCUT2D eigenvalue weighted by molar-refractivity contribution is 6.75. The van der Waals surface area contributed by atoms with E-state index in [-0.39, 0.29) is 10.1 Å². The first-order chi connectivity index (χ1) is 8.99. The molecule has 0 unspecified atom stereocenters. The van der Waals surface area contributed by atoms with E-state index in [9.17, 15) is 0 Å². The van der Waals surface area contributed by atoms with E-state index >= 15 is 0 Å². The topological polar surface area (TPSA) is 30.8 Å². The van der Waals surface area contributed by atoms with Crippen molar-refractivity contribution in [1.82, 2.24) is 0 Å². The van der Waals surface area contributed by atoms with Crippen LogP contribution in [0.15, 0.2) is 17.5 Å². The summed E-state index contributed by atoms with van der Waals surface area (Å²) in [5.41, 5.74) is 0. The van der Waals surface area contributed by atoms with E-state index in [1.807, 2.05) is 6.92 Å². The summed E-state index contributed by atoms with van der Waals surface area (Å²) in [7, 11) is -3.73. The lowest BCUT2D eigenvalue weighted by molar-refractivity contribution is 0.378. The van der Waals surface area contributed by atoms with E-state index in [2.05, 4.69) is 79.3 Å². The molecule has 0 rings (SSSR count). The van der Waals surface area contributed by atoms with Gasteiger partial charge >= 0.3 is 0 Å². The number of nitrogens with zero attached hydrogens (tertiary/aromatic N) is 1. The lowest BCUT2D eigenvalue weighted by Gasteiger charge is -2.37. The van der Waals surface area contributed by atoms with Gasteiger partial charge in [0.05, 0.1) is 0 Å². The van der Waals surface area contributed by atoms with Gasteiger partial charge in [0.25, 0.3) is 16.6 Å². The molecule has 0 radical (unpaired) electrons. The third-order valence-corrected chi connectivity index (χ3v) is 13.4. The monoisotopic (exact) mass is 329 g/mol. The van der Waals surface area contributed by atoms with Crippen LogP contribution in [0.3, 0.4) is 0 Å². The predicted molar refractivity (Wildman–Crippen MR) is 98.8 cm³/mol. The molecular weight excluding hydrogens is 294 g/mol. The van der Waals surface area contributed by atoms with Crippen LogP contribution in [0.4, 0.5) is 0 Å². The highest BCUT2D eigenvalue weighted by Crippen LogP contribution is 2.38. The van der Waals surface area contributed by atoms with Crippen molar-refractivity contribution in [2.24, 2.45) is 4.99 Å². The first-order valence-electron chi connectivity index (χ1n) is 7.62. The molecule has 0 aliphatic heterocycles. The van der Waals surface area contributed by atoms with Crippen LogP contribution >= 0.6 is 0 Å². The number of hydrogen-bond donors (Lipinski definition) is 0. The summed E-state index contributed by atoms with van der Waals surface area (Å²) in [6, 6.07) is 0. The number of aliphatic imine (C=N–C) groups is 1. The zero-order valence-electron chi connectivity index (χ0n) is 16.0. The van der Waals surface area contributed by atoms with Crippen molar-refractivity contribution < 1.29 is 8.85 Å². The van der Waals surface area contributed by atoms with Gasteiger partial charge in [0.15, 0.2) is 11.8 Å². The minimum atomic E-state index is -1.88. The fourth-order valence-electron chi connectivity index (χ4n) is 1.19. The zero-order valence-corrected chi connectivity index (χ0v) is 18.0. The van der Waals surface area contributed by atoms with E-state index in [4.69, 9.17) is 8.85 Å². The molecule has 0 spiro atoms. The third-order valence-electron chi connectivity index (χ3n) is 4.67. The van der Waals surface area contributed by atoms with Gasteiger partial charge < -0.3 is 8.85 Å². The van der Waals surface area contributed by atoms with Crippen molar-refractivity contribution in [2.45, 2.75) is 84.7 Å². The highest BCUT2D eigenvalue weighted by Gasteiger charge is 2.40. The summed E-state index contributed by atoms with van der Waals surface area (Å²) in [6.45, 7) is 27.9. The fourth-order valence-corrected chi connectivity index (χ4v) is 3.22. The zero-order chi connectivity index (χ0) is 17.3. The SMILES string of the molecule is C=C(/N=C(\C)O[Si](C)(C)C(C)(C)C)O[Si](C)(C)C(C)(C)C. The smallest absolute Gasteiger partial charge is 0.252 e. The average Bonchev–Trinajstić information content (AvgIpc) is 2.10. The number of hydrogen-bond acceptors (Lipinski definition) is 3. The van der Waals surface area contributed by atoms with Gasteiger partial charge in [-0.1, -0.05) is 41.5 Å². The van der Waals surface area contributed by atoms with E-state index in [1.54, 1.807) is 0 Å². The van der Waals surface area contributed by atoms with Gasteiger partial charge in [-0.25, -0.2) is 0 Å². The maximum Gasteiger partial charge on any atom is 0.252 e. The second kappa shape index (κ2) is 6.28. The second-order valence-corrected chi connectivity index (χ2v) is 18.2. The predicted octanol–water partition coefficient (Wildman–Crippen LogP) is 5.92. The lowest BCUT2D eigenvalue weighted by atomic mass is 10.2. The molecule has 0 heterocycles. The van der Waals surface area contributed by atoms with Gasteiger partial charge in [-0.2, -0.15) is 4.99 Å². The summed E-state index contributed by atoms with van der Waals surface area (Å²) in [4.78, 5) is 4.42. The summed E-state index contributed by atoms with van der Waals surface area (Å²) in [5, 5.41) is 0.297. The summed E-state index contributed by atoms with van der Waals surface area (Å²) < 4.78 is 12.2. The van der Waals surface area contributed by atoms with E-state index in [0.29, 0.717) is 11.8 Å².